The van der Waals surface area contributed by atoms with Crippen LogP contribution in [0.5, 0.6) is 0 Å². The van der Waals surface area contributed by atoms with Crippen LogP contribution in [0.3, 0.4) is 0 Å². The van der Waals surface area contributed by atoms with E-state index in [-0.39, 0.29) is 18.0 Å². The third kappa shape index (κ3) is 3.38. The molecule has 21 heavy (non-hydrogen) atoms. The lowest BCUT2D eigenvalue weighted by Crippen LogP contribution is -2.49. The number of Topliss-reactive ketones (excluding diaryl/α,β-unsaturated/α-hetero) is 2. The SMILES string of the molecule is CC1(C)CC(=O)[C@@H](C(=O)/C=C/c2ccccc2)C(=O)[C@H]1Br. The highest BCUT2D eigenvalue weighted by Gasteiger charge is 2.48. The van der Waals surface area contributed by atoms with E-state index in [1.165, 1.54) is 6.08 Å². The number of halogens is 1. The number of ketones is 3. The first-order chi connectivity index (χ1) is 9.83. The Morgan fingerprint density at radius 1 is 1.24 bits per heavy atom. The fourth-order valence-electron chi connectivity index (χ4n) is 2.47. The number of benzene rings is 1. The van der Waals surface area contributed by atoms with Gasteiger partial charge < -0.3 is 0 Å². The minimum atomic E-state index is -1.16. The van der Waals surface area contributed by atoms with Crippen molar-refractivity contribution in [3.8, 4) is 0 Å². The molecule has 0 spiro atoms. The Hall–Kier alpha value is -1.55. The highest BCUT2D eigenvalue weighted by molar-refractivity contribution is 9.10. The number of hydrogen-bond acceptors (Lipinski definition) is 3. The second kappa shape index (κ2) is 6.06. The molecule has 0 bridgehead atoms. The summed E-state index contributed by atoms with van der Waals surface area (Å²) in [7, 11) is 0. The Balaban J connectivity index is 2.18. The fourth-order valence-corrected chi connectivity index (χ4v) is 2.89. The van der Waals surface area contributed by atoms with E-state index in [0.29, 0.717) is 0 Å². The largest absolute Gasteiger partial charge is 0.298 e. The summed E-state index contributed by atoms with van der Waals surface area (Å²) in [5.41, 5.74) is 0.408. The van der Waals surface area contributed by atoms with Gasteiger partial charge in [0, 0.05) is 6.42 Å². The maximum absolute atomic E-state index is 12.3. The molecule has 0 N–H and O–H groups in total. The predicted octanol–water partition coefficient (Wildman–Crippen LogP) is 3.22. The van der Waals surface area contributed by atoms with Crippen molar-refractivity contribution in [1.29, 1.82) is 0 Å². The number of hydrogen-bond donors (Lipinski definition) is 0. The lowest BCUT2D eigenvalue weighted by molar-refractivity contribution is -0.142. The monoisotopic (exact) mass is 348 g/mol. The topological polar surface area (TPSA) is 51.2 Å². The first kappa shape index (κ1) is 15.8. The Morgan fingerprint density at radius 3 is 2.48 bits per heavy atom. The lowest BCUT2D eigenvalue weighted by Gasteiger charge is -2.35. The van der Waals surface area contributed by atoms with E-state index in [1.54, 1.807) is 6.08 Å². The van der Waals surface area contributed by atoms with Crippen molar-refractivity contribution in [3.05, 3.63) is 42.0 Å². The first-order valence-electron chi connectivity index (χ1n) is 6.80. The zero-order valence-electron chi connectivity index (χ0n) is 12.0. The van der Waals surface area contributed by atoms with Crippen LogP contribution in [0.4, 0.5) is 0 Å². The molecule has 1 saturated carbocycles. The molecule has 2 atom stereocenters. The molecule has 1 aliphatic carbocycles. The zero-order valence-corrected chi connectivity index (χ0v) is 13.6. The van der Waals surface area contributed by atoms with Gasteiger partial charge in [-0.25, -0.2) is 0 Å². The van der Waals surface area contributed by atoms with Crippen molar-refractivity contribution in [2.24, 2.45) is 11.3 Å². The van der Waals surface area contributed by atoms with E-state index in [9.17, 15) is 14.4 Å². The average Bonchev–Trinajstić information content (AvgIpc) is 2.43. The van der Waals surface area contributed by atoms with Gasteiger partial charge in [0.2, 0.25) is 0 Å². The highest BCUT2D eigenvalue weighted by Crippen LogP contribution is 2.39. The van der Waals surface area contributed by atoms with Crippen molar-refractivity contribution in [2.45, 2.75) is 25.1 Å². The van der Waals surface area contributed by atoms with E-state index in [2.05, 4.69) is 15.9 Å². The lowest BCUT2D eigenvalue weighted by atomic mass is 9.70. The van der Waals surface area contributed by atoms with E-state index in [0.717, 1.165) is 5.56 Å². The summed E-state index contributed by atoms with van der Waals surface area (Å²) in [5.74, 6) is -2.22. The molecule has 1 aromatic rings. The molecule has 0 saturated heterocycles. The van der Waals surface area contributed by atoms with Gasteiger partial charge in [-0.15, -0.1) is 0 Å². The highest BCUT2D eigenvalue weighted by atomic mass is 79.9. The van der Waals surface area contributed by atoms with Crippen LogP contribution in [0.2, 0.25) is 0 Å². The molecular weight excluding hydrogens is 332 g/mol. The molecule has 0 aromatic heterocycles. The summed E-state index contributed by atoms with van der Waals surface area (Å²) in [6.45, 7) is 3.70. The van der Waals surface area contributed by atoms with Crippen molar-refractivity contribution in [2.75, 3.05) is 0 Å². The van der Waals surface area contributed by atoms with Crippen LogP contribution in [0.15, 0.2) is 36.4 Å². The Kier molecular flexibility index (Phi) is 4.57. The standard InChI is InChI=1S/C17H17BrO3/c1-17(2)10-13(20)14(15(21)16(17)18)12(19)9-8-11-6-4-3-5-7-11/h3-9,14,16H,10H2,1-2H3/b9-8+/t14-,16-/m1/s1. The van der Waals surface area contributed by atoms with E-state index < -0.39 is 21.9 Å². The molecule has 0 amide bonds. The van der Waals surface area contributed by atoms with Gasteiger partial charge in [0.25, 0.3) is 0 Å². The Bertz CT molecular complexity index is 602. The quantitative estimate of drug-likeness (QED) is 0.478. The molecule has 0 heterocycles. The van der Waals surface area contributed by atoms with Crippen LogP contribution in [0.25, 0.3) is 6.08 Å². The van der Waals surface area contributed by atoms with Gasteiger partial charge in [0.1, 0.15) is 5.92 Å². The summed E-state index contributed by atoms with van der Waals surface area (Å²) in [6.07, 6.45) is 3.18. The first-order valence-corrected chi connectivity index (χ1v) is 7.72. The van der Waals surface area contributed by atoms with Gasteiger partial charge in [-0.05, 0) is 17.1 Å². The summed E-state index contributed by atoms with van der Waals surface area (Å²) in [6, 6.07) is 9.30. The van der Waals surface area contributed by atoms with Crippen molar-refractivity contribution in [1.82, 2.24) is 0 Å². The molecule has 4 heteroatoms. The van der Waals surface area contributed by atoms with Gasteiger partial charge in [0.15, 0.2) is 17.3 Å². The van der Waals surface area contributed by atoms with Crippen LogP contribution < -0.4 is 0 Å². The maximum atomic E-state index is 12.3. The third-order valence-electron chi connectivity index (χ3n) is 3.70. The smallest absolute Gasteiger partial charge is 0.173 e. The van der Waals surface area contributed by atoms with Gasteiger partial charge in [-0.2, -0.15) is 0 Å². The zero-order chi connectivity index (χ0) is 15.6. The normalized spacial score (nSPS) is 25.3. The van der Waals surface area contributed by atoms with Crippen molar-refractivity contribution < 1.29 is 14.4 Å². The van der Waals surface area contributed by atoms with Crippen LogP contribution >= 0.6 is 15.9 Å². The summed E-state index contributed by atoms with van der Waals surface area (Å²) in [4.78, 5) is 36.1. The Morgan fingerprint density at radius 2 is 1.86 bits per heavy atom. The average molecular weight is 349 g/mol. The molecule has 1 aliphatic rings. The number of rotatable bonds is 3. The third-order valence-corrected chi connectivity index (χ3v) is 5.39. The molecular formula is C17H17BrO3. The van der Waals surface area contributed by atoms with E-state index >= 15 is 0 Å². The van der Waals surface area contributed by atoms with E-state index in [4.69, 9.17) is 0 Å². The van der Waals surface area contributed by atoms with Crippen LogP contribution in [-0.2, 0) is 14.4 Å². The summed E-state index contributed by atoms with van der Waals surface area (Å²) < 4.78 is 0. The predicted molar refractivity (Wildman–Crippen MR) is 85.1 cm³/mol. The molecule has 110 valence electrons. The number of carbonyl (C=O) groups excluding carboxylic acids is 3. The maximum Gasteiger partial charge on any atom is 0.173 e. The van der Waals surface area contributed by atoms with Crippen molar-refractivity contribution >= 4 is 39.4 Å². The summed E-state index contributed by atoms with van der Waals surface area (Å²) >= 11 is 3.33. The van der Waals surface area contributed by atoms with Gasteiger partial charge >= 0.3 is 0 Å². The Labute approximate surface area is 132 Å². The number of carbonyl (C=O) groups is 3. The van der Waals surface area contributed by atoms with Crippen molar-refractivity contribution in [3.63, 3.8) is 0 Å². The second-order valence-electron chi connectivity index (χ2n) is 5.98. The molecule has 3 nitrogen and oxygen atoms in total. The van der Waals surface area contributed by atoms with E-state index in [1.807, 2.05) is 44.2 Å². The van der Waals surface area contributed by atoms with Crippen LogP contribution in [0.1, 0.15) is 25.8 Å². The minimum absolute atomic E-state index is 0.226. The number of allylic oxidation sites excluding steroid dienone is 1. The van der Waals surface area contributed by atoms with Gasteiger partial charge in [-0.1, -0.05) is 66.2 Å². The van der Waals surface area contributed by atoms with Crippen LogP contribution in [0, 0.1) is 11.3 Å². The summed E-state index contributed by atoms with van der Waals surface area (Å²) in [5, 5.41) is 0. The molecule has 0 radical (unpaired) electrons. The molecule has 2 rings (SSSR count). The van der Waals surface area contributed by atoms with Gasteiger partial charge in [-0.3, -0.25) is 14.4 Å². The molecule has 0 unspecified atom stereocenters. The second-order valence-corrected chi connectivity index (χ2v) is 6.89. The number of alkyl halides is 1. The van der Waals surface area contributed by atoms with Gasteiger partial charge in [0.05, 0.1) is 4.83 Å². The van der Waals surface area contributed by atoms with Crippen LogP contribution in [-0.4, -0.2) is 22.2 Å². The fraction of sp³-hybridized carbons (Fsp3) is 0.353. The minimum Gasteiger partial charge on any atom is -0.298 e. The molecule has 1 aromatic carbocycles. The molecule has 1 fully saturated rings. The molecule has 0 aliphatic heterocycles.